The number of fused-ring (bicyclic) bond motifs is 5. The zero-order valence-electron chi connectivity index (χ0n) is 23.2. The summed E-state index contributed by atoms with van der Waals surface area (Å²) in [6.07, 6.45) is 1.38. The van der Waals surface area contributed by atoms with E-state index in [9.17, 15) is 20.1 Å². The van der Waals surface area contributed by atoms with Crippen molar-refractivity contribution in [2.45, 2.75) is 82.2 Å². The fourth-order valence-electron chi connectivity index (χ4n) is 5.57. The Morgan fingerprint density at radius 2 is 1.97 bits per heavy atom. The summed E-state index contributed by atoms with van der Waals surface area (Å²) in [5.41, 5.74) is -0.311. The fraction of sp³-hybridized carbons (Fsp3) is 0.607. The Morgan fingerprint density at radius 3 is 2.64 bits per heavy atom. The highest BCUT2D eigenvalue weighted by atomic mass is 35.5. The minimum absolute atomic E-state index is 0.0919. The lowest BCUT2D eigenvalue weighted by Gasteiger charge is -2.44. The molecule has 0 radical (unpaired) electrons. The molecule has 1 aromatic rings. The number of aliphatic hydroxyl groups excluding tert-OH is 2. The second kappa shape index (κ2) is 11.5. The van der Waals surface area contributed by atoms with Gasteiger partial charge in [0.1, 0.15) is 22.5 Å². The molecule has 3 aliphatic rings. The van der Waals surface area contributed by atoms with E-state index in [1.807, 2.05) is 32.1 Å². The highest BCUT2D eigenvalue weighted by Crippen LogP contribution is 2.48. The van der Waals surface area contributed by atoms with Gasteiger partial charge in [0.2, 0.25) is 12.3 Å². The Kier molecular flexibility index (Phi) is 8.80. The van der Waals surface area contributed by atoms with Crippen LogP contribution in [0.25, 0.3) is 0 Å². The molecular weight excluding hydrogens is 528 g/mol. The second-order valence-corrected chi connectivity index (χ2v) is 11.3. The van der Waals surface area contributed by atoms with Crippen molar-refractivity contribution in [1.82, 2.24) is 5.32 Å². The monoisotopic (exact) mass is 566 g/mol. The largest absolute Gasteiger partial charge is 0.495 e. The number of benzene rings is 1. The Labute approximate surface area is 234 Å². The van der Waals surface area contributed by atoms with E-state index < -0.39 is 42.2 Å². The van der Waals surface area contributed by atoms with E-state index in [2.05, 4.69) is 5.32 Å². The molecule has 4 bridgehead atoms. The molecule has 2 saturated heterocycles. The van der Waals surface area contributed by atoms with Gasteiger partial charge in [-0.15, -0.1) is 0 Å². The van der Waals surface area contributed by atoms with Crippen LogP contribution in [0.15, 0.2) is 35.9 Å². The van der Waals surface area contributed by atoms with Crippen LogP contribution in [-0.4, -0.2) is 84.6 Å². The lowest BCUT2D eigenvalue weighted by atomic mass is 9.83. The maximum absolute atomic E-state index is 13.3. The highest BCUT2D eigenvalue weighted by Gasteiger charge is 2.62. The molecule has 10 nitrogen and oxygen atoms in total. The molecule has 3 aliphatic heterocycles. The molecule has 4 N–H and O–H groups in total. The van der Waals surface area contributed by atoms with Crippen molar-refractivity contribution in [3.8, 4) is 5.75 Å². The van der Waals surface area contributed by atoms with E-state index in [1.54, 1.807) is 26.1 Å². The number of rotatable bonds is 2. The molecule has 0 saturated carbocycles. The summed E-state index contributed by atoms with van der Waals surface area (Å²) in [7, 11) is 4.60. The molecule has 0 aliphatic carbocycles. The van der Waals surface area contributed by atoms with Crippen LogP contribution in [0.1, 0.15) is 39.2 Å². The van der Waals surface area contributed by atoms with Gasteiger partial charge in [-0.25, -0.2) is 5.32 Å². The Bertz CT molecular complexity index is 1140. The van der Waals surface area contributed by atoms with Crippen LogP contribution in [0.5, 0.6) is 5.75 Å². The van der Waals surface area contributed by atoms with Gasteiger partial charge in [0.25, 0.3) is 0 Å². The standard InChI is InChI=1S/C28H39ClN2O8/c1-15-8-7-9-22(37-6)28(35)14-20(38-26(34)30-28)16(2)25-27(3,39-25)21(32)13-23(33)31(4)18-11-17(10-15)12-19(36-5)24(18)29/h7-9,11-12,16,20-22,25-26,30,32,34-35H,10,13-14H2,1-6H3/b9-7+,15-8+/t16-,20+,21+,22-,25+,26?,27+,28+/m1/s1. The third-order valence-corrected chi connectivity index (χ3v) is 8.46. The van der Waals surface area contributed by atoms with Gasteiger partial charge in [0, 0.05) is 26.5 Å². The molecule has 2 fully saturated rings. The molecule has 1 unspecified atom stereocenters. The van der Waals surface area contributed by atoms with E-state index in [0.717, 1.165) is 11.1 Å². The van der Waals surface area contributed by atoms with Crippen LogP contribution in [-0.2, 0) is 25.4 Å². The fourth-order valence-corrected chi connectivity index (χ4v) is 5.89. The lowest BCUT2D eigenvalue weighted by Crippen LogP contribution is -2.65. The first-order valence-electron chi connectivity index (χ1n) is 13.0. The number of nitrogens with zero attached hydrogens (tertiary/aromatic N) is 1. The number of ether oxygens (including phenoxy) is 4. The molecule has 3 heterocycles. The molecule has 39 heavy (non-hydrogen) atoms. The van der Waals surface area contributed by atoms with Gasteiger partial charge in [-0.05, 0) is 38.0 Å². The summed E-state index contributed by atoms with van der Waals surface area (Å²) in [5.74, 6) is -0.240. The zero-order chi connectivity index (χ0) is 28.7. The third-order valence-electron chi connectivity index (χ3n) is 8.08. The number of carbonyl (C=O) groups excluding carboxylic acids is 1. The van der Waals surface area contributed by atoms with Crippen molar-refractivity contribution in [3.05, 3.63) is 46.5 Å². The average Bonchev–Trinajstić information content (AvgIpc) is 3.58. The normalized spacial score (nSPS) is 39.9. The Hall–Kier alpha value is -2.02. The van der Waals surface area contributed by atoms with E-state index in [1.165, 1.54) is 19.1 Å². The number of anilines is 1. The van der Waals surface area contributed by atoms with Gasteiger partial charge in [-0.2, -0.15) is 0 Å². The smallest absolute Gasteiger partial charge is 0.229 e. The van der Waals surface area contributed by atoms with Crippen LogP contribution in [0.4, 0.5) is 5.69 Å². The van der Waals surface area contributed by atoms with Crippen LogP contribution in [0.2, 0.25) is 5.02 Å². The number of aliphatic hydroxyl groups is 3. The highest BCUT2D eigenvalue weighted by molar-refractivity contribution is 6.35. The summed E-state index contributed by atoms with van der Waals surface area (Å²) in [4.78, 5) is 14.7. The van der Waals surface area contributed by atoms with Crippen molar-refractivity contribution in [1.29, 1.82) is 0 Å². The van der Waals surface area contributed by atoms with Crippen LogP contribution in [0.3, 0.4) is 0 Å². The minimum atomic E-state index is -1.63. The summed E-state index contributed by atoms with van der Waals surface area (Å²) in [6.45, 7) is 5.56. The van der Waals surface area contributed by atoms with Gasteiger partial charge in [-0.1, -0.05) is 42.3 Å². The topological polar surface area (TPSA) is 133 Å². The molecule has 0 spiro atoms. The van der Waals surface area contributed by atoms with Crippen LogP contribution in [0, 0.1) is 5.92 Å². The van der Waals surface area contributed by atoms with Gasteiger partial charge >= 0.3 is 0 Å². The number of nitrogens with one attached hydrogen (secondary N) is 1. The number of hydrogen-bond acceptors (Lipinski definition) is 9. The molecule has 0 aromatic heterocycles. The number of methoxy groups -OCH3 is 2. The summed E-state index contributed by atoms with van der Waals surface area (Å²) < 4.78 is 22.7. The molecule has 1 aromatic carbocycles. The summed E-state index contributed by atoms with van der Waals surface area (Å²) in [6, 6.07) is 3.65. The number of carbonyl (C=O) groups is 1. The lowest BCUT2D eigenvalue weighted by molar-refractivity contribution is -0.270. The van der Waals surface area contributed by atoms with E-state index in [0.29, 0.717) is 22.9 Å². The van der Waals surface area contributed by atoms with Crippen molar-refractivity contribution < 1.29 is 39.1 Å². The predicted octanol–water partition coefficient (Wildman–Crippen LogP) is 2.27. The van der Waals surface area contributed by atoms with Gasteiger partial charge < -0.3 is 39.2 Å². The molecule has 1 amide bonds. The Morgan fingerprint density at radius 1 is 1.26 bits per heavy atom. The first-order chi connectivity index (χ1) is 18.3. The predicted molar refractivity (Wildman–Crippen MR) is 145 cm³/mol. The SMILES string of the molecule is COc1cc2cc(c1Cl)N(C)C(=O)C[C@H](O)[C@]1(C)O[C@H]1[C@H](C)[C@@H]1C[C@@](O)(NC(O)O1)[C@H](OC)/C=C/C=C(\C)C2. The van der Waals surface area contributed by atoms with E-state index in [4.69, 9.17) is 30.5 Å². The first-order valence-corrected chi connectivity index (χ1v) is 13.4. The van der Waals surface area contributed by atoms with Crippen molar-refractivity contribution >= 4 is 23.2 Å². The number of allylic oxidation sites excluding steroid dienone is 3. The third kappa shape index (κ3) is 6.03. The average molecular weight is 567 g/mol. The minimum Gasteiger partial charge on any atom is -0.495 e. The van der Waals surface area contributed by atoms with Crippen molar-refractivity contribution in [3.63, 3.8) is 0 Å². The maximum Gasteiger partial charge on any atom is 0.229 e. The molecule has 8 atom stereocenters. The molecular formula is C28H39ClN2O8. The molecule has 216 valence electrons. The summed E-state index contributed by atoms with van der Waals surface area (Å²) >= 11 is 6.59. The van der Waals surface area contributed by atoms with E-state index >= 15 is 0 Å². The zero-order valence-corrected chi connectivity index (χ0v) is 23.9. The Balaban J connectivity index is 1.74. The second-order valence-electron chi connectivity index (χ2n) is 10.9. The maximum atomic E-state index is 13.3. The van der Waals surface area contributed by atoms with Crippen LogP contribution >= 0.6 is 11.6 Å². The molecule has 11 heteroatoms. The van der Waals surface area contributed by atoms with E-state index in [-0.39, 0.29) is 24.7 Å². The summed E-state index contributed by atoms with van der Waals surface area (Å²) in [5, 5.41) is 36.0. The van der Waals surface area contributed by atoms with Gasteiger partial charge in [-0.3, -0.25) is 4.79 Å². The molecule has 4 rings (SSSR count). The quantitative estimate of drug-likeness (QED) is 0.398. The van der Waals surface area contributed by atoms with Crippen LogP contribution < -0.4 is 15.0 Å². The number of halogens is 1. The number of epoxide rings is 1. The first kappa shape index (κ1) is 30.0. The van der Waals surface area contributed by atoms with Crippen molar-refractivity contribution in [2.24, 2.45) is 5.92 Å². The van der Waals surface area contributed by atoms with Gasteiger partial charge in [0.15, 0.2) is 5.72 Å². The number of amides is 1. The number of hydrogen-bond donors (Lipinski definition) is 4. The van der Waals surface area contributed by atoms with Crippen molar-refractivity contribution in [2.75, 3.05) is 26.2 Å². The van der Waals surface area contributed by atoms with Gasteiger partial charge in [0.05, 0.1) is 37.5 Å².